The molecule has 0 bridgehead atoms. The van der Waals surface area contributed by atoms with Gasteiger partial charge in [-0.25, -0.2) is 12.8 Å². The molecule has 0 aliphatic rings. The van der Waals surface area contributed by atoms with Crippen molar-refractivity contribution in [2.45, 2.75) is 17.9 Å². The lowest BCUT2D eigenvalue weighted by molar-refractivity contribution is 0.355. The number of hydrogen-bond acceptors (Lipinski definition) is 5. The molecule has 0 saturated heterocycles. The standard InChI is InChI=1S/C23H24FNO5S/c1-16(17-6-5-7-20(14-17)28-2)25(19-10-13-22(29-3)23(15-19)30-4)31(26,27)21-11-8-18(24)9-12-21/h5-16H,1-4H3/t16-/m1/s1. The van der Waals surface area contributed by atoms with Crippen molar-refractivity contribution in [1.29, 1.82) is 0 Å². The van der Waals surface area contributed by atoms with E-state index in [1.807, 2.05) is 6.07 Å². The molecule has 6 nitrogen and oxygen atoms in total. The van der Waals surface area contributed by atoms with Crippen LogP contribution in [-0.2, 0) is 10.0 Å². The number of hydrogen-bond donors (Lipinski definition) is 0. The Morgan fingerprint density at radius 2 is 1.52 bits per heavy atom. The largest absolute Gasteiger partial charge is 0.497 e. The van der Waals surface area contributed by atoms with Gasteiger partial charge in [0.2, 0.25) is 0 Å². The predicted octanol–water partition coefficient (Wildman–Crippen LogP) is 4.81. The van der Waals surface area contributed by atoms with E-state index in [1.165, 1.54) is 30.7 Å². The molecule has 8 heteroatoms. The number of rotatable bonds is 8. The summed E-state index contributed by atoms with van der Waals surface area (Å²) in [5, 5.41) is 0. The van der Waals surface area contributed by atoms with Crippen molar-refractivity contribution >= 4 is 15.7 Å². The molecule has 0 amide bonds. The first kappa shape index (κ1) is 22.4. The van der Waals surface area contributed by atoms with Gasteiger partial charge in [0.25, 0.3) is 10.0 Å². The molecule has 0 aromatic heterocycles. The SMILES string of the molecule is COc1cccc([C@@H](C)N(c2ccc(OC)c(OC)c2)S(=O)(=O)c2ccc(F)cc2)c1. The van der Waals surface area contributed by atoms with Gasteiger partial charge in [-0.2, -0.15) is 0 Å². The first-order valence-corrected chi connectivity index (χ1v) is 10.9. The number of sulfonamides is 1. The first-order valence-electron chi connectivity index (χ1n) is 9.47. The van der Waals surface area contributed by atoms with Crippen LogP contribution in [0.15, 0.2) is 71.6 Å². The normalized spacial score (nSPS) is 12.2. The number of anilines is 1. The predicted molar refractivity (Wildman–Crippen MR) is 117 cm³/mol. The molecule has 3 aromatic rings. The van der Waals surface area contributed by atoms with Crippen LogP contribution in [0.2, 0.25) is 0 Å². The molecule has 3 rings (SSSR count). The second-order valence-electron chi connectivity index (χ2n) is 6.75. The first-order chi connectivity index (χ1) is 14.8. The Hall–Kier alpha value is -3.26. The molecule has 164 valence electrons. The fraction of sp³-hybridized carbons (Fsp3) is 0.217. The minimum atomic E-state index is -4.05. The Balaban J connectivity index is 2.19. The van der Waals surface area contributed by atoms with Crippen molar-refractivity contribution in [3.05, 3.63) is 78.1 Å². The van der Waals surface area contributed by atoms with Crippen molar-refractivity contribution in [3.8, 4) is 17.2 Å². The summed E-state index contributed by atoms with van der Waals surface area (Å²) in [6.07, 6.45) is 0. The Morgan fingerprint density at radius 1 is 0.839 bits per heavy atom. The summed E-state index contributed by atoms with van der Waals surface area (Å²) in [4.78, 5) is -0.0292. The second kappa shape index (κ2) is 9.26. The Bertz CT molecular complexity index is 1150. The Kier molecular flexibility index (Phi) is 6.70. The molecule has 0 spiro atoms. The van der Waals surface area contributed by atoms with Crippen LogP contribution in [0, 0.1) is 5.82 Å². The van der Waals surface area contributed by atoms with E-state index >= 15 is 0 Å². The van der Waals surface area contributed by atoms with Crippen molar-refractivity contribution in [1.82, 2.24) is 0 Å². The van der Waals surface area contributed by atoms with Crippen molar-refractivity contribution in [2.75, 3.05) is 25.6 Å². The summed E-state index contributed by atoms with van der Waals surface area (Å²) >= 11 is 0. The molecular formula is C23H24FNO5S. The van der Waals surface area contributed by atoms with Crippen LogP contribution in [0.4, 0.5) is 10.1 Å². The third-order valence-corrected chi connectivity index (χ3v) is 6.83. The number of methoxy groups -OCH3 is 3. The van der Waals surface area contributed by atoms with Crippen LogP contribution in [0.3, 0.4) is 0 Å². The summed E-state index contributed by atoms with van der Waals surface area (Å²) < 4.78 is 58.0. The third kappa shape index (κ3) is 4.59. The molecular weight excluding hydrogens is 421 g/mol. The maximum absolute atomic E-state index is 13.7. The summed E-state index contributed by atoms with van der Waals surface area (Å²) in [6, 6.07) is 16.2. The molecule has 0 aliphatic heterocycles. The van der Waals surface area contributed by atoms with Crippen molar-refractivity contribution < 1.29 is 27.0 Å². The molecule has 0 saturated carbocycles. The summed E-state index contributed by atoms with van der Waals surface area (Å²) in [5.74, 6) is 0.949. The third-order valence-electron chi connectivity index (χ3n) is 4.92. The highest BCUT2D eigenvalue weighted by atomic mass is 32.2. The molecule has 0 radical (unpaired) electrons. The van der Waals surface area contributed by atoms with Crippen molar-refractivity contribution in [3.63, 3.8) is 0 Å². The van der Waals surface area contributed by atoms with E-state index in [9.17, 15) is 12.8 Å². The summed E-state index contributed by atoms with van der Waals surface area (Å²) in [5.41, 5.74) is 1.09. The van der Waals surface area contributed by atoms with Gasteiger partial charge in [-0.05, 0) is 61.0 Å². The maximum atomic E-state index is 13.7. The second-order valence-corrected chi connectivity index (χ2v) is 8.56. The number of nitrogens with zero attached hydrogens (tertiary/aromatic N) is 1. The topological polar surface area (TPSA) is 65.1 Å². The van der Waals surface area contributed by atoms with Gasteiger partial charge >= 0.3 is 0 Å². The lowest BCUT2D eigenvalue weighted by Crippen LogP contribution is -2.33. The zero-order chi connectivity index (χ0) is 22.6. The highest BCUT2D eigenvalue weighted by Crippen LogP contribution is 2.38. The van der Waals surface area contributed by atoms with E-state index in [4.69, 9.17) is 14.2 Å². The van der Waals surface area contributed by atoms with Crippen LogP contribution in [0.1, 0.15) is 18.5 Å². The average molecular weight is 446 g/mol. The zero-order valence-electron chi connectivity index (χ0n) is 17.7. The van der Waals surface area contributed by atoms with Crippen LogP contribution in [0.25, 0.3) is 0 Å². The molecule has 0 unspecified atom stereocenters. The fourth-order valence-electron chi connectivity index (χ4n) is 3.29. The van der Waals surface area contributed by atoms with Gasteiger partial charge in [0.05, 0.1) is 38.0 Å². The zero-order valence-corrected chi connectivity index (χ0v) is 18.5. The van der Waals surface area contributed by atoms with Crippen molar-refractivity contribution in [2.24, 2.45) is 0 Å². The van der Waals surface area contributed by atoms with Gasteiger partial charge in [0.15, 0.2) is 11.5 Å². The molecule has 0 N–H and O–H groups in total. The van der Waals surface area contributed by atoms with Gasteiger partial charge < -0.3 is 14.2 Å². The maximum Gasteiger partial charge on any atom is 0.264 e. The van der Waals surface area contributed by atoms with E-state index < -0.39 is 21.9 Å². The summed E-state index contributed by atoms with van der Waals surface area (Å²) in [6.45, 7) is 1.77. The molecule has 0 aliphatic carbocycles. The van der Waals surface area contributed by atoms with E-state index in [-0.39, 0.29) is 4.90 Å². The quantitative estimate of drug-likeness (QED) is 0.498. The minimum Gasteiger partial charge on any atom is -0.497 e. The summed E-state index contributed by atoms with van der Waals surface area (Å²) in [7, 11) is 0.475. The van der Waals surface area contributed by atoms with Gasteiger partial charge in [-0.15, -0.1) is 0 Å². The van der Waals surface area contributed by atoms with E-state index in [1.54, 1.807) is 50.4 Å². The Morgan fingerprint density at radius 3 is 2.13 bits per heavy atom. The van der Waals surface area contributed by atoms with E-state index in [0.717, 1.165) is 17.7 Å². The fourth-order valence-corrected chi connectivity index (χ4v) is 4.93. The highest BCUT2D eigenvalue weighted by molar-refractivity contribution is 7.92. The number of benzene rings is 3. The molecule has 1 atom stereocenters. The van der Waals surface area contributed by atoms with Gasteiger partial charge in [0, 0.05) is 6.07 Å². The average Bonchev–Trinajstić information content (AvgIpc) is 2.79. The van der Waals surface area contributed by atoms with E-state index in [0.29, 0.717) is 22.9 Å². The van der Waals surface area contributed by atoms with Gasteiger partial charge in [0.1, 0.15) is 11.6 Å². The Labute approximate surface area is 181 Å². The smallest absolute Gasteiger partial charge is 0.264 e. The minimum absolute atomic E-state index is 0.0292. The van der Waals surface area contributed by atoms with Crippen LogP contribution in [0.5, 0.6) is 17.2 Å². The lowest BCUT2D eigenvalue weighted by Gasteiger charge is -2.31. The van der Waals surface area contributed by atoms with Gasteiger partial charge in [-0.1, -0.05) is 12.1 Å². The van der Waals surface area contributed by atoms with Crippen LogP contribution in [-0.4, -0.2) is 29.7 Å². The highest BCUT2D eigenvalue weighted by Gasteiger charge is 2.31. The number of ether oxygens (including phenoxy) is 3. The van der Waals surface area contributed by atoms with Crippen LogP contribution >= 0.6 is 0 Å². The molecule has 3 aromatic carbocycles. The van der Waals surface area contributed by atoms with E-state index in [2.05, 4.69) is 0 Å². The van der Waals surface area contributed by atoms with Gasteiger partial charge in [-0.3, -0.25) is 4.31 Å². The number of halogens is 1. The van der Waals surface area contributed by atoms with Crippen LogP contribution < -0.4 is 18.5 Å². The molecule has 0 heterocycles. The lowest BCUT2D eigenvalue weighted by atomic mass is 10.1. The molecule has 0 fully saturated rings. The monoisotopic (exact) mass is 445 g/mol. The molecule has 31 heavy (non-hydrogen) atoms.